The smallest absolute Gasteiger partial charge is 0.127 e. The fourth-order valence-corrected chi connectivity index (χ4v) is 5.46. The van der Waals surface area contributed by atoms with Gasteiger partial charge in [-0.25, -0.2) is 4.98 Å². The number of nitrogens with one attached hydrogen (secondary N) is 1. The zero-order chi connectivity index (χ0) is 13.7. The molecule has 0 spiro atoms. The molecule has 3 aromatic rings. The van der Waals surface area contributed by atoms with Crippen LogP contribution in [-0.4, -0.2) is 28.5 Å². The molecule has 1 aliphatic heterocycles. The van der Waals surface area contributed by atoms with Gasteiger partial charge in [0.2, 0.25) is 0 Å². The second kappa shape index (κ2) is 4.80. The zero-order valence-corrected chi connectivity index (χ0v) is 14.0. The second-order valence-electron chi connectivity index (χ2n) is 4.88. The van der Waals surface area contributed by atoms with Crippen LogP contribution < -0.4 is 0 Å². The second-order valence-corrected chi connectivity index (χ2v) is 8.43. The lowest BCUT2D eigenvalue weighted by atomic mass is 10.3. The third kappa shape index (κ3) is 2.07. The van der Waals surface area contributed by atoms with Gasteiger partial charge in [0.1, 0.15) is 5.82 Å². The van der Waals surface area contributed by atoms with Gasteiger partial charge in [0.05, 0.1) is 26.6 Å². The van der Waals surface area contributed by atoms with Crippen molar-refractivity contribution in [1.82, 2.24) is 14.9 Å². The van der Waals surface area contributed by atoms with Crippen LogP contribution in [0.2, 0.25) is 0 Å². The van der Waals surface area contributed by atoms with Gasteiger partial charge in [-0.3, -0.25) is 4.90 Å². The van der Waals surface area contributed by atoms with Crippen LogP contribution in [-0.2, 0) is 0 Å². The maximum absolute atomic E-state index is 4.55. The number of likely N-dealkylation sites (N-methyl/N-ethyl adjacent to an activating group) is 1. The van der Waals surface area contributed by atoms with Crippen molar-refractivity contribution < 1.29 is 0 Å². The van der Waals surface area contributed by atoms with Gasteiger partial charge in [-0.15, -0.1) is 22.7 Å². The van der Waals surface area contributed by atoms with E-state index in [1.807, 2.05) is 6.20 Å². The minimum Gasteiger partial charge on any atom is -0.340 e. The standard InChI is InChI=1S/C14H12BrN3S2/c1-18-4-2-3-9(18)14-16-7-8(17-14)10-5-11-12(19-10)6-13(15)20-11/h2-3,5-7,9H,4H2,1H3,(H,16,17). The molecule has 4 rings (SSSR count). The van der Waals surface area contributed by atoms with Gasteiger partial charge < -0.3 is 4.98 Å². The first-order valence-electron chi connectivity index (χ1n) is 6.32. The van der Waals surface area contributed by atoms with Gasteiger partial charge in [-0.1, -0.05) is 12.2 Å². The number of aromatic amines is 1. The van der Waals surface area contributed by atoms with Crippen molar-refractivity contribution in [3.8, 4) is 10.6 Å². The molecule has 0 aromatic carbocycles. The van der Waals surface area contributed by atoms with E-state index < -0.39 is 0 Å². The van der Waals surface area contributed by atoms with E-state index in [1.165, 1.54) is 18.1 Å². The fraction of sp³-hybridized carbons (Fsp3) is 0.214. The van der Waals surface area contributed by atoms with Crippen molar-refractivity contribution >= 4 is 48.0 Å². The maximum atomic E-state index is 4.55. The summed E-state index contributed by atoms with van der Waals surface area (Å²) in [6, 6.07) is 4.69. The predicted molar refractivity (Wildman–Crippen MR) is 89.5 cm³/mol. The summed E-state index contributed by atoms with van der Waals surface area (Å²) < 4.78 is 3.84. The van der Waals surface area contributed by atoms with Crippen LogP contribution in [0.3, 0.4) is 0 Å². The summed E-state index contributed by atoms with van der Waals surface area (Å²) in [6.45, 7) is 0.990. The van der Waals surface area contributed by atoms with Crippen molar-refractivity contribution in [3.63, 3.8) is 0 Å². The summed E-state index contributed by atoms with van der Waals surface area (Å²) in [6.07, 6.45) is 6.33. The Hall–Kier alpha value is -0.950. The summed E-state index contributed by atoms with van der Waals surface area (Å²) in [5, 5.41) is 0. The van der Waals surface area contributed by atoms with Gasteiger partial charge in [0.25, 0.3) is 0 Å². The molecule has 1 N–H and O–H groups in total. The fourth-order valence-electron chi connectivity index (χ4n) is 2.47. The number of H-pyrrole nitrogens is 1. The predicted octanol–water partition coefficient (Wildman–Crippen LogP) is 4.66. The SMILES string of the molecule is CN1CC=CC1c1ncc(-c2cc3sc(Br)cc3s2)[nH]1. The summed E-state index contributed by atoms with van der Waals surface area (Å²) >= 11 is 7.11. The summed E-state index contributed by atoms with van der Waals surface area (Å²) in [5.41, 5.74) is 1.11. The van der Waals surface area contributed by atoms with Crippen LogP contribution in [0, 0.1) is 0 Å². The van der Waals surface area contributed by atoms with E-state index in [0.29, 0.717) is 0 Å². The molecule has 0 aliphatic carbocycles. The molecule has 1 aliphatic rings. The molecule has 0 radical (unpaired) electrons. The molecule has 0 bridgehead atoms. The Labute approximate surface area is 133 Å². The molecule has 1 unspecified atom stereocenters. The maximum Gasteiger partial charge on any atom is 0.127 e. The van der Waals surface area contributed by atoms with Gasteiger partial charge in [0.15, 0.2) is 0 Å². The third-order valence-corrected chi connectivity index (χ3v) is 6.33. The summed E-state index contributed by atoms with van der Waals surface area (Å²) in [5.74, 6) is 1.02. The molecule has 1 atom stereocenters. The molecule has 20 heavy (non-hydrogen) atoms. The van der Waals surface area contributed by atoms with Crippen LogP contribution >= 0.6 is 38.6 Å². The third-order valence-electron chi connectivity index (χ3n) is 3.50. The topological polar surface area (TPSA) is 31.9 Å². The Kier molecular flexibility index (Phi) is 3.07. The highest BCUT2D eigenvalue weighted by molar-refractivity contribution is 9.11. The summed E-state index contributed by atoms with van der Waals surface area (Å²) in [4.78, 5) is 11.5. The lowest BCUT2D eigenvalue weighted by Crippen LogP contribution is -2.19. The first kappa shape index (κ1) is 12.8. The van der Waals surface area contributed by atoms with E-state index in [4.69, 9.17) is 0 Å². The first-order valence-corrected chi connectivity index (χ1v) is 8.74. The van der Waals surface area contributed by atoms with Gasteiger partial charge in [-0.05, 0) is 35.1 Å². The quantitative estimate of drug-likeness (QED) is 0.669. The number of hydrogen-bond donors (Lipinski definition) is 1. The van der Waals surface area contributed by atoms with Crippen LogP contribution in [0.1, 0.15) is 11.9 Å². The lowest BCUT2D eigenvalue weighted by Gasteiger charge is -2.16. The van der Waals surface area contributed by atoms with Gasteiger partial charge in [-0.2, -0.15) is 0 Å². The first-order chi connectivity index (χ1) is 9.70. The minimum atomic E-state index is 0.277. The molecular formula is C14H12BrN3S2. The van der Waals surface area contributed by atoms with E-state index in [9.17, 15) is 0 Å². The van der Waals surface area contributed by atoms with E-state index in [1.54, 1.807) is 22.7 Å². The van der Waals surface area contributed by atoms with Crippen LogP contribution in [0.5, 0.6) is 0 Å². The Balaban J connectivity index is 1.70. The average Bonchev–Trinajstić information content (AvgIpc) is 3.09. The van der Waals surface area contributed by atoms with Gasteiger partial charge >= 0.3 is 0 Å². The molecular weight excluding hydrogens is 354 g/mol. The molecule has 6 heteroatoms. The van der Waals surface area contributed by atoms with Crippen LogP contribution in [0.4, 0.5) is 0 Å². The highest BCUT2D eigenvalue weighted by Crippen LogP contribution is 2.39. The van der Waals surface area contributed by atoms with Crippen LogP contribution in [0.15, 0.2) is 34.3 Å². The van der Waals surface area contributed by atoms with Crippen LogP contribution in [0.25, 0.3) is 20.0 Å². The zero-order valence-electron chi connectivity index (χ0n) is 10.8. The molecule has 3 aromatic heterocycles. The molecule has 4 heterocycles. The van der Waals surface area contributed by atoms with Crippen molar-refractivity contribution in [2.45, 2.75) is 6.04 Å². The molecule has 0 saturated carbocycles. The number of thiophene rings is 2. The van der Waals surface area contributed by atoms with Crippen molar-refractivity contribution in [3.05, 3.63) is 40.1 Å². The molecule has 102 valence electrons. The number of rotatable bonds is 2. The van der Waals surface area contributed by atoms with E-state index >= 15 is 0 Å². The summed E-state index contributed by atoms with van der Waals surface area (Å²) in [7, 11) is 2.12. The Morgan fingerprint density at radius 3 is 2.95 bits per heavy atom. The number of halogens is 1. The molecule has 0 amide bonds. The Bertz CT molecular complexity index is 767. The van der Waals surface area contributed by atoms with E-state index in [0.717, 1.165) is 18.1 Å². The largest absolute Gasteiger partial charge is 0.340 e. The average molecular weight is 366 g/mol. The van der Waals surface area contributed by atoms with Crippen molar-refractivity contribution in [2.75, 3.05) is 13.6 Å². The Morgan fingerprint density at radius 1 is 1.35 bits per heavy atom. The molecule has 3 nitrogen and oxygen atoms in total. The van der Waals surface area contributed by atoms with Crippen molar-refractivity contribution in [1.29, 1.82) is 0 Å². The van der Waals surface area contributed by atoms with E-state index in [2.05, 4.69) is 62.1 Å². The normalized spacial score (nSPS) is 19.4. The molecule has 0 saturated heterocycles. The minimum absolute atomic E-state index is 0.277. The van der Waals surface area contributed by atoms with E-state index in [-0.39, 0.29) is 6.04 Å². The van der Waals surface area contributed by atoms with Gasteiger partial charge in [0, 0.05) is 15.9 Å². The molecule has 0 fully saturated rings. The lowest BCUT2D eigenvalue weighted by molar-refractivity contribution is 0.330. The number of imidazole rings is 1. The Morgan fingerprint density at radius 2 is 2.20 bits per heavy atom. The highest BCUT2D eigenvalue weighted by atomic mass is 79.9. The highest BCUT2D eigenvalue weighted by Gasteiger charge is 2.21. The number of aromatic nitrogens is 2. The monoisotopic (exact) mass is 365 g/mol. The number of fused-ring (bicyclic) bond motifs is 1. The number of nitrogens with zero attached hydrogens (tertiary/aromatic N) is 2. The number of hydrogen-bond acceptors (Lipinski definition) is 4. The van der Waals surface area contributed by atoms with Crippen molar-refractivity contribution in [2.24, 2.45) is 0 Å².